The second kappa shape index (κ2) is 8.04. The summed E-state index contributed by atoms with van der Waals surface area (Å²) in [7, 11) is 0. The summed E-state index contributed by atoms with van der Waals surface area (Å²) in [6.07, 6.45) is 6.89. The largest absolute Gasteiger partial charge is 0.394 e. The number of carbonyl (C=O) groups excluding carboxylic acids is 2. The van der Waals surface area contributed by atoms with Crippen LogP contribution >= 0.6 is 0 Å². The van der Waals surface area contributed by atoms with Gasteiger partial charge in [0.2, 0.25) is 11.8 Å². The third-order valence-electron chi connectivity index (χ3n) is 5.45. The number of likely N-dealkylation sites (tertiary alicyclic amines) is 1. The minimum absolute atomic E-state index is 0.0322. The molecule has 1 saturated carbocycles. The molecule has 0 radical (unpaired) electrons. The SMILES string of the molecule is C/C=C/c1ccc([C@@H]2[C@@H](CNC(=O)CC3CC3)N(C(C)=O)[C@H]2CO)cc1. The molecule has 2 fully saturated rings. The first-order valence-electron chi connectivity index (χ1n) is 9.44. The molecular formula is C21H28N2O3. The average molecular weight is 356 g/mol. The van der Waals surface area contributed by atoms with Crippen LogP contribution in [0.2, 0.25) is 0 Å². The number of hydrogen-bond donors (Lipinski definition) is 2. The Kier molecular flexibility index (Phi) is 5.77. The lowest BCUT2D eigenvalue weighted by molar-refractivity contribution is -0.148. The standard InChI is InChI=1S/C21H28N2O3/c1-3-4-15-7-9-17(10-8-15)21-18(23(14(2)25)19(21)13-24)12-22-20(26)11-16-5-6-16/h3-4,7-10,16,18-19,21,24H,5-6,11-13H2,1-2H3,(H,22,26)/b4-3+/t18-,19+,21-/m1/s1. The predicted octanol–water partition coefficient (Wildman–Crippen LogP) is 2.31. The average Bonchev–Trinajstić information content (AvgIpc) is 3.39. The first kappa shape index (κ1) is 18.6. The Morgan fingerprint density at radius 1 is 1.23 bits per heavy atom. The van der Waals surface area contributed by atoms with E-state index in [1.54, 1.807) is 4.90 Å². The van der Waals surface area contributed by atoms with Crippen LogP contribution in [0.15, 0.2) is 30.3 Å². The molecule has 140 valence electrons. The summed E-state index contributed by atoms with van der Waals surface area (Å²) in [4.78, 5) is 25.8. The summed E-state index contributed by atoms with van der Waals surface area (Å²) in [5.41, 5.74) is 2.21. The molecule has 1 aliphatic heterocycles. The molecular weight excluding hydrogens is 328 g/mol. The molecule has 3 rings (SSSR count). The predicted molar refractivity (Wildman–Crippen MR) is 101 cm³/mol. The minimum Gasteiger partial charge on any atom is -0.394 e. The van der Waals surface area contributed by atoms with Crippen LogP contribution in [0.25, 0.3) is 6.08 Å². The molecule has 5 heteroatoms. The molecule has 0 aromatic heterocycles. The van der Waals surface area contributed by atoms with Crippen LogP contribution in [0.4, 0.5) is 0 Å². The highest BCUT2D eigenvalue weighted by molar-refractivity contribution is 5.78. The number of nitrogens with one attached hydrogen (secondary N) is 1. The zero-order chi connectivity index (χ0) is 18.7. The molecule has 5 nitrogen and oxygen atoms in total. The number of hydrogen-bond acceptors (Lipinski definition) is 3. The molecule has 0 bridgehead atoms. The number of aliphatic hydroxyl groups is 1. The fourth-order valence-corrected chi connectivity index (χ4v) is 3.98. The van der Waals surface area contributed by atoms with Crippen LogP contribution in [0.5, 0.6) is 0 Å². The Balaban J connectivity index is 1.72. The maximum atomic E-state index is 12.1. The molecule has 2 aliphatic rings. The van der Waals surface area contributed by atoms with Crippen molar-refractivity contribution in [2.75, 3.05) is 13.2 Å². The number of aliphatic hydroxyl groups excluding tert-OH is 1. The van der Waals surface area contributed by atoms with Crippen LogP contribution in [-0.4, -0.2) is 47.1 Å². The molecule has 26 heavy (non-hydrogen) atoms. The van der Waals surface area contributed by atoms with Crippen LogP contribution in [0.3, 0.4) is 0 Å². The van der Waals surface area contributed by atoms with E-state index >= 15 is 0 Å². The molecule has 1 aromatic rings. The third-order valence-corrected chi connectivity index (χ3v) is 5.45. The normalized spacial score (nSPS) is 25.2. The van der Waals surface area contributed by atoms with Gasteiger partial charge in [-0.15, -0.1) is 0 Å². The van der Waals surface area contributed by atoms with E-state index in [9.17, 15) is 14.7 Å². The third kappa shape index (κ3) is 3.98. The minimum atomic E-state index is -0.231. The van der Waals surface area contributed by atoms with E-state index in [0.29, 0.717) is 18.9 Å². The van der Waals surface area contributed by atoms with Crippen LogP contribution in [0.1, 0.15) is 50.2 Å². The zero-order valence-electron chi connectivity index (χ0n) is 15.5. The summed E-state index contributed by atoms with van der Waals surface area (Å²) in [5, 5.41) is 12.8. The van der Waals surface area contributed by atoms with Gasteiger partial charge in [0.15, 0.2) is 0 Å². The zero-order valence-corrected chi connectivity index (χ0v) is 15.5. The van der Waals surface area contributed by atoms with Gasteiger partial charge >= 0.3 is 0 Å². The Labute approximate surface area is 155 Å². The number of allylic oxidation sites excluding steroid dienone is 1. The van der Waals surface area contributed by atoms with Crippen molar-refractivity contribution in [3.8, 4) is 0 Å². The van der Waals surface area contributed by atoms with Crippen molar-refractivity contribution < 1.29 is 14.7 Å². The Bertz CT molecular complexity index is 679. The van der Waals surface area contributed by atoms with Gasteiger partial charge in [-0.3, -0.25) is 9.59 Å². The van der Waals surface area contributed by atoms with Crippen molar-refractivity contribution in [1.82, 2.24) is 10.2 Å². The van der Waals surface area contributed by atoms with Gasteiger partial charge in [-0.25, -0.2) is 0 Å². The Morgan fingerprint density at radius 2 is 1.92 bits per heavy atom. The van der Waals surface area contributed by atoms with Crippen molar-refractivity contribution in [2.45, 2.75) is 51.1 Å². The van der Waals surface area contributed by atoms with Gasteiger partial charge in [0, 0.05) is 25.8 Å². The second-order valence-electron chi connectivity index (χ2n) is 7.39. The monoisotopic (exact) mass is 356 g/mol. The van der Waals surface area contributed by atoms with Gasteiger partial charge < -0.3 is 15.3 Å². The van der Waals surface area contributed by atoms with E-state index in [1.165, 1.54) is 6.92 Å². The second-order valence-corrected chi connectivity index (χ2v) is 7.39. The summed E-state index contributed by atoms with van der Waals surface area (Å²) >= 11 is 0. The smallest absolute Gasteiger partial charge is 0.220 e. The van der Waals surface area contributed by atoms with Crippen molar-refractivity contribution in [2.24, 2.45) is 5.92 Å². The molecule has 2 amide bonds. The lowest BCUT2D eigenvalue weighted by Crippen LogP contribution is -2.68. The van der Waals surface area contributed by atoms with Crippen molar-refractivity contribution in [3.63, 3.8) is 0 Å². The summed E-state index contributed by atoms with van der Waals surface area (Å²) < 4.78 is 0. The summed E-state index contributed by atoms with van der Waals surface area (Å²) in [6.45, 7) is 3.86. The van der Waals surface area contributed by atoms with Crippen molar-refractivity contribution in [3.05, 3.63) is 41.5 Å². The number of benzene rings is 1. The molecule has 2 N–H and O–H groups in total. The molecule has 0 unspecified atom stereocenters. The lowest BCUT2D eigenvalue weighted by atomic mass is 9.75. The number of amides is 2. The van der Waals surface area contributed by atoms with Crippen molar-refractivity contribution in [1.29, 1.82) is 0 Å². The molecule has 1 aromatic carbocycles. The maximum Gasteiger partial charge on any atom is 0.220 e. The van der Waals surface area contributed by atoms with E-state index in [0.717, 1.165) is 24.0 Å². The highest BCUT2D eigenvalue weighted by Gasteiger charge is 2.50. The van der Waals surface area contributed by atoms with Crippen LogP contribution in [-0.2, 0) is 9.59 Å². The highest BCUT2D eigenvalue weighted by Crippen LogP contribution is 2.40. The Morgan fingerprint density at radius 3 is 2.46 bits per heavy atom. The van der Waals surface area contributed by atoms with Gasteiger partial charge in [-0.05, 0) is 36.8 Å². The van der Waals surface area contributed by atoms with E-state index in [1.807, 2.05) is 31.2 Å². The maximum absolute atomic E-state index is 12.1. The highest BCUT2D eigenvalue weighted by atomic mass is 16.3. The summed E-state index contributed by atoms with van der Waals surface area (Å²) in [6, 6.07) is 7.86. The van der Waals surface area contributed by atoms with Gasteiger partial charge in [0.25, 0.3) is 0 Å². The van der Waals surface area contributed by atoms with E-state index in [-0.39, 0.29) is 36.4 Å². The van der Waals surface area contributed by atoms with Gasteiger partial charge in [-0.2, -0.15) is 0 Å². The first-order chi connectivity index (χ1) is 12.5. The van der Waals surface area contributed by atoms with Gasteiger partial charge in [-0.1, -0.05) is 36.4 Å². The fourth-order valence-electron chi connectivity index (χ4n) is 3.98. The summed E-state index contributed by atoms with van der Waals surface area (Å²) in [5.74, 6) is 0.572. The molecule has 1 heterocycles. The number of rotatable bonds is 7. The molecule has 1 aliphatic carbocycles. The van der Waals surface area contributed by atoms with E-state index in [2.05, 4.69) is 17.4 Å². The molecule has 1 saturated heterocycles. The van der Waals surface area contributed by atoms with Crippen LogP contribution in [0, 0.1) is 5.92 Å². The fraction of sp³-hybridized carbons (Fsp3) is 0.524. The number of nitrogens with zero attached hydrogens (tertiary/aromatic N) is 1. The topological polar surface area (TPSA) is 69.6 Å². The lowest BCUT2D eigenvalue weighted by Gasteiger charge is -2.54. The quantitative estimate of drug-likeness (QED) is 0.788. The van der Waals surface area contributed by atoms with E-state index < -0.39 is 0 Å². The first-order valence-corrected chi connectivity index (χ1v) is 9.44. The van der Waals surface area contributed by atoms with Gasteiger partial charge in [0.05, 0.1) is 18.7 Å². The molecule has 3 atom stereocenters. The van der Waals surface area contributed by atoms with Crippen LogP contribution < -0.4 is 5.32 Å². The van der Waals surface area contributed by atoms with Gasteiger partial charge in [0.1, 0.15) is 0 Å². The molecule has 0 spiro atoms. The van der Waals surface area contributed by atoms with E-state index in [4.69, 9.17) is 0 Å². The Hall–Kier alpha value is -2.14. The number of carbonyl (C=O) groups is 2. The van der Waals surface area contributed by atoms with Crippen molar-refractivity contribution >= 4 is 17.9 Å².